The van der Waals surface area contributed by atoms with Crippen LogP contribution in [0, 0.1) is 6.92 Å². The molecule has 2 fully saturated rings. The van der Waals surface area contributed by atoms with Crippen LogP contribution in [0.25, 0.3) is 0 Å². The highest BCUT2D eigenvalue weighted by atomic mass is 16.5. The van der Waals surface area contributed by atoms with E-state index in [1.807, 2.05) is 17.9 Å². The fraction of sp³-hybridized carbons (Fsp3) is 0.647. The average Bonchev–Trinajstić information content (AvgIpc) is 2.81. The van der Waals surface area contributed by atoms with Crippen molar-refractivity contribution in [1.82, 2.24) is 14.8 Å². The highest BCUT2D eigenvalue weighted by molar-refractivity contribution is 5.94. The highest BCUT2D eigenvalue weighted by Gasteiger charge is 2.26. The summed E-state index contributed by atoms with van der Waals surface area (Å²) in [5, 5.41) is 0. The standard InChI is InChI=1S/C17H25N3O2/c1-14-11-15(13-18-12-14)17(21)20-6-2-5-19(7-8-20)16-3-9-22-10-4-16/h11-13,16H,2-10H2,1H3. The molecule has 0 spiro atoms. The summed E-state index contributed by atoms with van der Waals surface area (Å²) in [4.78, 5) is 21.3. The molecule has 22 heavy (non-hydrogen) atoms. The third-order valence-corrected chi connectivity index (χ3v) is 4.65. The van der Waals surface area contributed by atoms with E-state index in [1.165, 1.54) is 0 Å². The number of nitrogens with zero attached hydrogens (tertiary/aromatic N) is 3. The quantitative estimate of drug-likeness (QED) is 0.834. The predicted molar refractivity (Wildman–Crippen MR) is 84.9 cm³/mol. The van der Waals surface area contributed by atoms with Gasteiger partial charge in [-0.2, -0.15) is 0 Å². The van der Waals surface area contributed by atoms with E-state index in [0.717, 1.165) is 64.2 Å². The minimum absolute atomic E-state index is 0.116. The molecule has 0 bridgehead atoms. The van der Waals surface area contributed by atoms with Crippen molar-refractivity contribution in [2.45, 2.75) is 32.2 Å². The lowest BCUT2D eigenvalue weighted by Gasteiger charge is -2.33. The van der Waals surface area contributed by atoms with Crippen LogP contribution in [0.5, 0.6) is 0 Å². The Kier molecular flexibility index (Phi) is 5.05. The molecule has 0 aliphatic carbocycles. The van der Waals surface area contributed by atoms with Crippen molar-refractivity contribution in [3.05, 3.63) is 29.6 Å². The SMILES string of the molecule is Cc1cncc(C(=O)N2CCCN(C3CCOCC3)CC2)c1. The summed E-state index contributed by atoms with van der Waals surface area (Å²) in [7, 11) is 0. The molecule has 2 aliphatic rings. The zero-order valence-corrected chi connectivity index (χ0v) is 13.3. The van der Waals surface area contributed by atoms with Crippen LogP contribution in [0.4, 0.5) is 0 Å². The fourth-order valence-electron chi connectivity index (χ4n) is 3.41. The smallest absolute Gasteiger partial charge is 0.255 e. The Hall–Kier alpha value is -1.46. The van der Waals surface area contributed by atoms with Crippen LogP contribution in [-0.4, -0.2) is 66.1 Å². The molecular weight excluding hydrogens is 278 g/mol. The minimum Gasteiger partial charge on any atom is -0.381 e. The minimum atomic E-state index is 0.116. The number of carbonyl (C=O) groups excluding carboxylic acids is 1. The normalized spacial score (nSPS) is 21.6. The van der Waals surface area contributed by atoms with Crippen LogP contribution in [0.1, 0.15) is 35.2 Å². The van der Waals surface area contributed by atoms with Crippen LogP contribution < -0.4 is 0 Å². The lowest BCUT2D eigenvalue weighted by atomic mass is 10.1. The van der Waals surface area contributed by atoms with Crippen LogP contribution in [0.15, 0.2) is 18.5 Å². The summed E-state index contributed by atoms with van der Waals surface area (Å²) in [6, 6.07) is 2.56. The Morgan fingerprint density at radius 1 is 1.18 bits per heavy atom. The van der Waals surface area contributed by atoms with Gasteiger partial charge in [0.2, 0.25) is 0 Å². The zero-order valence-electron chi connectivity index (χ0n) is 13.3. The molecule has 120 valence electrons. The zero-order chi connectivity index (χ0) is 15.4. The van der Waals surface area contributed by atoms with Crippen LogP contribution in [0.2, 0.25) is 0 Å². The maximum Gasteiger partial charge on any atom is 0.255 e. The second kappa shape index (κ2) is 7.20. The van der Waals surface area contributed by atoms with Gasteiger partial charge >= 0.3 is 0 Å². The van der Waals surface area contributed by atoms with E-state index in [1.54, 1.807) is 12.4 Å². The monoisotopic (exact) mass is 303 g/mol. The van der Waals surface area contributed by atoms with Crippen molar-refractivity contribution in [2.24, 2.45) is 0 Å². The highest BCUT2D eigenvalue weighted by Crippen LogP contribution is 2.17. The molecule has 0 unspecified atom stereocenters. The summed E-state index contributed by atoms with van der Waals surface area (Å²) < 4.78 is 5.45. The Bertz CT molecular complexity index is 514. The molecule has 3 heterocycles. The topological polar surface area (TPSA) is 45.7 Å². The summed E-state index contributed by atoms with van der Waals surface area (Å²) in [5.41, 5.74) is 1.74. The molecule has 5 nitrogen and oxygen atoms in total. The van der Waals surface area contributed by atoms with Gasteiger partial charge in [-0.3, -0.25) is 14.7 Å². The number of hydrogen-bond donors (Lipinski definition) is 0. The summed E-state index contributed by atoms with van der Waals surface area (Å²) >= 11 is 0. The van der Waals surface area contributed by atoms with Gasteiger partial charge in [-0.25, -0.2) is 0 Å². The number of aryl methyl sites for hydroxylation is 1. The molecule has 0 aromatic carbocycles. The van der Waals surface area contributed by atoms with Crippen molar-refractivity contribution >= 4 is 5.91 Å². The second-order valence-corrected chi connectivity index (χ2v) is 6.28. The van der Waals surface area contributed by atoms with Crippen molar-refractivity contribution in [1.29, 1.82) is 0 Å². The van der Waals surface area contributed by atoms with E-state index < -0.39 is 0 Å². The summed E-state index contributed by atoms with van der Waals surface area (Å²) in [6.07, 6.45) is 6.75. The molecule has 5 heteroatoms. The third kappa shape index (κ3) is 3.65. The van der Waals surface area contributed by atoms with Gasteiger partial charge in [0.05, 0.1) is 5.56 Å². The number of amides is 1. The van der Waals surface area contributed by atoms with E-state index in [4.69, 9.17) is 4.74 Å². The van der Waals surface area contributed by atoms with Gasteiger partial charge in [-0.1, -0.05) is 0 Å². The number of aromatic nitrogens is 1. The first kappa shape index (κ1) is 15.4. The van der Waals surface area contributed by atoms with Gasteiger partial charge in [-0.15, -0.1) is 0 Å². The van der Waals surface area contributed by atoms with Crippen molar-refractivity contribution in [3.63, 3.8) is 0 Å². The molecule has 1 aromatic heterocycles. The van der Waals surface area contributed by atoms with Gasteiger partial charge in [0.15, 0.2) is 0 Å². The Morgan fingerprint density at radius 3 is 2.77 bits per heavy atom. The second-order valence-electron chi connectivity index (χ2n) is 6.28. The molecular formula is C17H25N3O2. The predicted octanol–water partition coefficient (Wildman–Crippen LogP) is 1.72. The van der Waals surface area contributed by atoms with Crippen molar-refractivity contribution in [3.8, 4) is 0 Å². The van der Waals surface area contributed by atoms with Crippen LogP contribution in [0.3, 0.4) is 0 Å². The van der Waals surface area contributed by atoms with Gasteiger partial charge < -0.3 is 9.64 Å². The first-order valence-corrected chi connectivity index (χ1v) is 8.27. The van der Waals surface area contributed by atoms with E-state index in [9.17, 15) is 4.79 Å². The molecule has 1 aromatic rings. The molecule has 0 saturated carbocycles. The van der Waals surface area contributed by atoms with Crippen LogP contribution >= 0.6 is 0 Å². The maximum atomic E-state index is 12.6. The molecule has 0 radical (unpaired) electrons. The van der Waals surface area contributed by atoms with E-state index >= 15 is 0 Å². The molecule has 0 atom stereocenters. The lowest BCUT2D eigenvalue weighted by Crippen LogP contribution is -2.42. The molecule has 2 aliphatic heterocycles. The van der Waals surface area contributed by atoms with Gasteiger partial charge in [0, 0.05) is 57.8 Å². The first-order valence-electron chi connectivity index (χ1n) is 8.27. The van der Waals surface area contributed by atoms with Gasteiger partial charge in [0.25, 0.3) is 5.91 Å². The fourth-order valence-corrected chi connectivity index (χ4v) is 3.41. The summed E-state index contributed by atoms with van der Waals surface area (Å²) in [5.74, 6) is 0.116. The molecule has 1 amide bonds. The maximum absolute atomic E-state index is 12.6. The summed E-state index contributed by atoms with van der Waals surface area (Å²) in [6.45, 7) is 7.42. The van der Waals surface area contributed by atoms with Crippen LogP contribution in [-0.2, 0) is 4.74 Å². The van der Waals surface area contributed by atoms with Gasteiger partial charge in [0.1, 0.15) is 0 Å². The largest absolute Gasteiger partial charge is 0.381 e. The van der Waals surface area contributed by atoms with Crippen molar-refractivity contribution in [2.75, 3.05) is 39.4 Å². The number of ether oxygens (including phenoxy) is 1. The number of hydrogen-bond acceptors (Lipinski definition) is 4. The van der Waals surface area contributed by atoms with E-state index in [0.29, 0.717) is 11.6 Å². The lowest BCUT2D eigenvalue weighted by molar-refractivity contribution is 0.0351. The number of carbonyl (C=O) groups is 1. The molecule has 0 N–H and O–H groups in total. The van der Waals surface area contributed by atoms with E-state index in [2.05, 4.69) is 9.88 Å². The third-order valence-electron chi connectivity index (χ3n) is 4.65. The Balaban J connectivity index is 1.61. The molecule has 3 rings (SSSR count). The molecule has 2 saturated heterocycles. The number of rotatable bonds is 2. The van der Waals surface area contributed by atoms with E-state index in [-0.39, 0.29) is 5.91 Å². The Morgan fingerprint density at radius 2 is 2.00 bits per heavy atom. The van der Waals surface area contributed by atoms with Crippen molar-refractivity contribution < 1.29 is 9.53 Å². The van der Waals surface area contributed by atoms with Gasteiger partial charge in [-0.05, 0) is 37.8 Å². The number of pyridine rings is 1. The Labute approximate surface area is 132 Å². The average molecular weight is 303 g/mol. The first-order chi connectivity index (χ1) is 10.7.